The quantitative estimate of drug-likeness (QED) is 0.743. The zero-order valence-electron chi connectivity index (χ0n) is 13.6. The summed E-state index contributed by atoms with van der Waals surface area (Å²) in [5.41, 5.74) is 3.26. The predicted molar refractivity (Wildman–Crippen MR) is 95.3 cm³/mol. The number of thiazole rings is 1. The molecule has 0 aliphatic heterocycles. The van der Waals surface area contributed by atoms with Crippen LogP contribution in [0.4, 0.5) is 0 Å². The van der Waals surface area contributed by atoms with Crippen LogP contribution in [0.25, 0.3) is 10.9 Å². The van der Waals surface area contributed by atoms with Crippen LogP contribution in [0.15, 0.2) is 30.5 Å². The van der Waals surface area contributed by atoms with Crippen LogP contribution in [-0.2, 0) is 6.42 Å². The number of carbonyl (C=O) groups is 1. The summed E-state index contributed by atoms with van der Waals surface area (Å²) in [6, 6.07) is 8.22. The molecule has 1 aromatic carbocycles. The molecule has 0 unspecified atom stereocenters. The van der Waals surface area contributed by atoms with Gasteiger partial charge in [-0.1, -0.05) is 32.0 Å². The summed E-state index contributed by atoms with van der Waals surface area (Å²) >= 11 is 1.47. The second-order valence-corrected chi connectivity index (χ2v) is 7.17. The molecule has 0 saturated carbocycles. The van der Waals surface area contributed by atoms with E-state index in [4.69, 9.17) is 0 Å². The molecule has 23 heavy (non-hydrogen) atoms. The summed E-state index contributed by atoms with van der Waals surface area (Å²) in [5, 5.41) is 5.19. The number of nitrogens with zero attached hydrogens (tertiary/aromatic N) is 1. The Morgan fingerprint density at radius 3 is 2.91 bits per heavy atom. The number of fused-ring (bicyclic) bond motifs is 1. The van der Waals surface area contributed by atoms with Crippen molar-refractivity contribution in [2.75, 3.05) is 6.54 Å². The average molecular weight is 327 g/mol. The number of benzene rings is 1. The Morgan fingerprint density at radius 2 is 2.13 bits per heavy atom. The van der Waals surface area contributed by atoms with Gasteiger partial charge in [0.15, 0.2) is 0 Å². The van der Waals surface area contributed by atoms with Crippen LogP contribution in [0.3, 0.4) is 0 Å². The molecule has 3 rings (SSSR count). The molecule has 2 aromatic heterocycles. The smallest absolute Gasteiger partial charge is 0.263 e. The summed E-state index contributed by atoms with van der Waals surface area (Å²) in [6.45, 7) is 6.70. The monoisotopic (exact) mass is 327 g/mol. The number of carbonyl (C=O) groups excluding carboxylic acids is 1. The fourth-order valence-corrected chi connectivity index (χ4v) is 3.72. The number of H-pyrrole nitrogens is 1. The minimum Gasteiger partial charge on any atom is -0.361 e. The van der Waals surface area contributed by atoms with Gasteiger partial charge in [-0.05, 0) is 30.9 Å². The van der Waals surface area contributed by atoms with Gasteiger partial charge in [0, 0.05) is 23.6 Å². The van der Waals surface area contributed by atoms with E-state index in [-0.39, 0.29) is 11.8 Å². The topological polar surface area (TPSA) is 57.8 Å². The summed E-state index contributed by atoms with van der Waals surface area (Å²) in [5.74, 6) is 0.244. The van der Waals surface area contributed by atoms with Gasteiger partial charge in [-0.15, -0.1) is 11.3 Å². The standard InChI is InChI=1S/C18H21N3OS/c1-11(2)16-17(23-12(3)21-16)18(22)19-9-8-13-10-20-15-7-5-4-6-14(13)15/h4-7,10-11,20H,8-9H2,1-3H3,(H,19,22). The van der Waals surface area contributed by atoms with Crippen LogP contribution in [0, 0.1) is 6.92 Å². The van der Waals surface area contributed by atoms with Gasteiger partial charge in [0.05, 0.1) is 10.7 Å². The molecule has 120 valence electrons. The second kappa shape index (κ2) is 6.54. The zero-order valence-corrected chi connectivity index (χ0v) is 14.5. The molecular formula is C18H21N3OS. The van der Waals surface area contributed by atoms with Crippen LogP contribution in [0.1, 0.15) is 45.7 Å². The fraction of sp³-hybridized carbons (Fsp3) is 0.333. The number of amides is 1. The number of rotatable bonds is 5. The molecule has 0 radical (unpaired) electrons. The van der Waals surface area contributed by atoms with E-state index in [1.807, 2.05) is 25.3 Å². The maximum Gasteiger partial charge on any atom is 0.263 e. The first-order chi connectivity index (χ1) is 11.1. The Bertz CT molecular complexity index is 832. The highest BCUT2D eigenvalue weighted by molar-refractivity contribution is 7.13. The third-order valence-corrected chi connectivity index (χ3v) is 4.85. The van der Waals surface area contributed by atoms with Gasteiger partial charge in [-0.25, -0.2) is 4.98 Å². The molecule has 3 aromatic rings. The normalized spacial score (nSPS) is 11.3. The number of aromatic amines is 1. The summed E-state index contributed by atoms with van der Waals surface area (Å²) in [6.07, 6.45) is 2.83. The second-order valence-electron chi connectivity index (χ2n) is 5.97. The third kappa shape index (κ3) is 3.29. The molecule has 0 saturated heterocycles. The Morgan fingerprint density at radius 1 is 1.35 bits per heavy atom. The number of nitrogens with one attached hydrogen (secondary N) is 2. The van der Waals surface area contributed by atoms with Crippen molar-refractivity contribution in [1.82, 2.24) is 15.3 Å². The SMILES string of the molecule is Cc1nc(C(C)C)c(C(=O)NCCc2c[nH]c3ccccc23)s1. The minimum absolute atomic E-state index is 0.0147. The van der Waals surface area contributed by atoms with E-state index in [2.05, 4.69) is 41.3 Å². The Labute approximate surface area is 140 Å². The molecule has 2 N–H and O–H groups in total. The lowest BCUT2D eigenvalue weighted by Crippen LogP contribution is -2.26. The lowest BCUT2D eigenvalue weighted by Gasteiger charge is -2.06. The van der Waals surface area contributed by atoms with Gasteiger partial charge < -0.3 is 10.3 Å². The fourth-order valence-electron chi connectivity index (χ4n) is 2.73. The first-order valence-corrected chi connectivity index (χ1v) is 8.68. The lowest BCUT2D eigenvalue weighted by atomic mass is 10.1. The van der Waals surface area contributed by atoms with Gasteiger partial charge >= 0.3 is 0 Å². The van der Waals surface area contributed by atoms with Crippen LogP contribution in [-0.4, -0.2) is 22.4 Å². The van der Waals surface area contributed by atoms with E-state index < -0.39 is 0 Å². The Hall–Kier alpha value is -2.14. The van der Waals surface area contributed by atoms with E-state index in [1.165, 1.54) is 22.3 Å². The molecule has 0 aliphatic rings. The van der Waals surface area contributed by atoms with Crippen LogP contribution >= 0.6 is 11.3 Å². The highest BCUT2D eigenvalue weighted by Crippen LogP contribution is 2.24. The van der Waals surface area contributed by atoms with Gasteiger partial charge in [-0.2, -0.15) is 0 Å². The summed E-state index contributed by atoms with van der Waals surface area (Å²) in [7, 11) is 0. The third-order valence-electron chi connectivity index (χ3n) is 3.87. The molecular weight excluding hydrogens is 306 g/mol. The molecule has 0 aliphatic carbocycles. The highest BCUT2D eigenvalue weighted by atomic mass is 32.1. The van der Waals surface area contributed by atoms with Gasteiger partial charge in [0.2, 0.25) is 0 Å². The van der Waals surface area contributed by atoms with Crippen molar-refractivity contribution in [3.63, 3.8) is 0 Å². The van der Waals surface area contributed by atoms with E-state index in [0.29, 0.717) is 6.54 Å². The van der Waals surface area contributed by atoms with E-state index >= 15 is 0 Å². The molecule has 2 heterocycles. The van der Waals surface area contributed by atoms with Crippen molar-refractivity contribution < 1.29 is 4.79 Å². The number of para-hydroxylation sites is 1. The lowest BCUT2D eigenvalue weighted by molar-refractivity contribution is 0.0956. The zero-order chi connectivity index (χ0) is 16.4. The van der Waals surface area contributed by atoms with Crippen molar-refractivity contribution in [2.24, 2.45) is 0 Å². The maximum absolute atomic E-state index is 12.4. The van der Waals surface area contributed by atoms with Crippen molar-refractivity contribution in [3.8, 4) is 0 Å². The molecule has 0 spiro atoms. The largest absolute Gasteiger partial charge is 0.361 e. The number of hydrogen-bond donors (Lipinski definition) is 2. The first-order valence-electron chi connectivity index (χ1n) is 7.86. The average Bonchev–Trinajstić information content (AvgIpc) is 3.11. The first kappa shape index (κ1) is 15.7. The van der Waals surface area contributed by atoms with E-state index in [0.717, 1.165) is 27.5 Å². The number of hydrogen-bond acceptors (Lipinski definition) is 3. The number of aromatic nitrogens is 2. The molecule has 1 amide bonds. The van der Waals surface area contributed by atoms with Crippen molar-refractivity contribution in [3.05, 3.63) is 51.6 Å². The van der Waals surface area contributed by atoms with Crippen LogP contribution < -0.4 is 5.32 Å². The van der Waals surface area contributed by atoms with Crippen molar-refractivity contribution in [1.29, 1.82) is 0 Å². The predicted octanol–water partition coefficient (Wildman–Crippen LogP) is 4.03. The Balaban J connectivity index is 1.66. The van der Waals surface area contributed by atoms with Crippen molar-refractivity contribution >= 4 is 28.1 Å². The van der Waals surface area contributed by atoms with Gasteiger partial charge in [0.25, 0.3) is 5.91 Å². The summed E-state index contributed by atoms with van der Waals surface area (Å²) < 4.78 is 0. The van der Waals surface area contributed by atoms with Gasteiger partial charge in [-0.3, -0.25) is 4.79 Å². The van der Waals surface area contributed by atoms with Crippen LogP contribution in [0.2, 0.25) is 0 Å². The number of aryl methyl sites for hydroxylation is 1. The molecule has 4 nitrogen and oxygen atoms in total. The molecule has 0 atom stereocenters. The van der Waals surface area contributed by atoms with Crippen molar-refractivity contribution in [2.45, 2.75) is 33.1 Å². The minimum atomic E-state index is -0.0147. The highest BCUT2D eigenvalue weighted by Gasteiger charge is 2.18. The maximum atomic E-state index is 12.4. The molecule has 5 heteroatoms. The Kier molecular flexibility index (Phi) is 4.48. The molecule has 0 fully saturated rings. The van der Waals surface area contributed by atoms with Gasteiger partial charge in [0.1, 0.15) is 4.88 Å². The van der Waals surface area contributed by atoms with Crippen LogP contribution in [0.5, 0.6) is 0 Å². The molecule has 0 bridgehead atoms. The van der Waals surface area contributed by atoms with E-state index in [9.17, 15) is 4.79 Å². The summed E-state index contributed by atoms with van der Waals surface area (Å²) in [4.78, 5) is 20.9. The van der Waals surface area contributed by atoms with E-state index in [1.54, 1.807) is 0 Å².